The average Bonchev–Trinajstić information content (AvgIpc) is 2.30. The molecule has 1 amide bonds. The smallest absolute Gasteiger partial charge is 0.268 e. The number of carbonyl (C=O) groups excluding carboxylic acids is 1. The van der Waals surface area contributed by atoms with Crippen LogP contribution in [0.15, 0.2) is 23.0 Å². The monoisotopic (exact) mass is 238 g/mol. The van der Waals surface area contributed by atoms with E-state index in [-0.39, 0.29) is 17.5 Å². The van der Waals surface area contributed by atoms with Gasteiger partial charge in [0.2, 0.25) is 5.56 Å². The molecular weight excluding hydrogens is 224 g/mol. The predicted molar refractivity (Wildman–Crippen MR) is 64.9 cm³/mol. The summed E-state index contributed by atoms with van der Waals surface area (Å²) in [6.07, 6.45) is 2.01. The quantitative estimate of drug-likeness (QED) is 0.808. The first-order valence-electron chi connectivity index (χ1n) is 5.33. The fraction of sp³-hybridized carbons (Fsp3) is 0.455. The van der Waals surface area contributed by atoms with Gasteiger partial charge in [0, 0.05) is 12.1 Å². The number of carbonyl (C=O) groups is 1. The highest BCUT2D eigenvalue weighted by Crippen LogP contribution is 2.16. The Bertz CT molecular complexity index is 424. The van der Waals surface area contributed by atoms with E-state index in [1.807, 2.05) is 11.8 Å². The van der Waals surface area contributed by atoms with Crippen LogP contribution >= 0.6 is 11.8 Å². The van der Waals surface area contributed by atoms with Gasteiger partial charge >= 0.3 is 0 Å². The van der Waals surface area contributed by atoms with E-state index < -0.39 is 0 Å². The van der Waals surface area contributed by atoms with Crippen LogP contribution in [0.4, 0.5) is 0 Å². The number of amides is 1. The SMILES string of the molecule is O=C(NC1CCSCC1)c1cccc(=O)[nH]1. The number of rotatable bonds is 2. The van der Waals surface area contributed by atoms with Crippen molar-refractivity contribution in [2.24, 2.45) is 0 Å². The number of nitrogens with one attached hydrogen (secondary N) is 2. The van der Waals surface area contributed by atoms with Gasteiger partial charge in [-0.2, -0.15) is 11.8 Å². The minimum atomic E-state index is -0.244. The van der Waals surface area contributed by atoms with Gasteiger partial charge in [0.1, 0.15) is 5.69 Å². The predicted octanol–water partition coefficient (Wildman–Crippen LogP) is 1.00. The zero-order chi connectivity index (χ0) is 11.4. The topological polar surface area (TPSA) is 62.0 Å². The third-order valence-electron chi connectivity index (χ3n) is 2.57. The molecule has 86 valence electrons. The Kier molecular flexibility index (Phi) is 3.66. The Balaban J connectivity index is 1.99. The van der Waals surface area contributed by atoms with Crippen LogP contribution in [0.25, 0.3) is 0 Å². The van der Waals surface area contributed by atoms with Crippen molar-refractivity contribution in [3.63, 3.8) is 0 Å². The molecule has 1 fully saturated rings. The maximum absolute atomic E-state index is 11.8. The van der Waals surface area contributed by atoms with Crippen molar-refractivity contribution in [1.82, 2.24) is 10.3 Å². The first-order valence-corrected chi connectivity index (χ1v) is 6.49. The van der Waals surface area contributed by atoms with Gasteiger partial charge < -0.3 is 10.3 Å². The van der Waals surface area contributed by atoms with Gasteiger partial charge in [-0.15, -0.1) is 0 Å². The lowest BCUT2D eigenvalue weighted by Crippen LogP contribution is -2.38. The van der Waals surface area contributed by atoms with E-state index in [1.54, 1.807) is 12.1 Å². The fourth-order valence-corrected chi connectivity index (χ4v) is 2.79. The normalized spacial score (nSPS) is 17.0. The first-order chi connectivity index (χ1) is 7.75. The van der Waals surface area contributed by atoms with Crippen LogP contribution in [0.2, 0.25) is 0 Å². The maximum atomic E-state index is 11.8. The number of pyridine rings is 1. The van der Waals surface area contributed by atoms with Gasteiger partial charge in [0.15, 0.2) is 0 Å². The van der Waals surface area contributed by atoms with E-state index in [4.69, 9.17) is 0 Å². The number of hydrogen-bond acceptors (Lipinski definition) is 3. The molecule has 1 aromatic rings. The minimum absolute atomic E-state index is 0.186. The molecule has 2 heterocycles. The van der Waals surface area contributed by atoms with E-state index in [0.29, 0.717) is 5.69 Å². The number of thioether (sulfide) groups is 1. The third-order valence-corrected chi connectivity index (χ3v) is 3.62. The highest BCUT2D eigenvalue weighted by molar-refractivity contribution is 7.99. The van der Waals surface area contributed by atoms with Crippen LogP contribution in [0.3, 0.4) is 0 Å². The number of aromatic amines is 1. The van der Waals surface area contributed by atoms with Crippen molar-refractivity contribution in [2.75, 3.05) is 11.5 Å². The Labute approximate surface area is 97.8 Å². The van der Waals surface area contributed by atoms with E-state index in [2.05, 4.69) is 10.3 Å². The van der Waals surface area contributed by atoms with E-state index in [1.165, 1.54) is 6.07 Å². The Morgan fingerprint density at radius 1 is 1.38 bits per heavy atom. The number of hydrogen-bond donors (Lipinski definition) is 2. The second kappa shape index (κ2) is 5.21. The zero-order valence-corrected chi connectivity index (χ0v) is 9.68. The molecule has 5 heteroatoms. The van der Waals surface area contributed by atoms with E-state index in [0.717, 1.165) is 24.3 Å². The van der Waals surface area contributed by atoms with Gasteiger partial charge in [-0.3, -0.25) is 9.59 Å². The average molecular weight is 238 g/mol. The molecule has 1 aliphatic heterocycles. The minimum Gasteiger partial charge on any atom is -0.348 e. The Morgan fingerprint density at radius 3 is 2.81 bits per heavy atom. The molecule has 0 unspecified atom stereocenters. The molecule has 1 aromatic heterocycles. The summed E-state index contributed by atoms with van der Waals surface area (Å²) in [6, 6.07) is 4.85. The number of H-pyrrole nitrogens is 1. The van der Waals surface area contributed by atoms with Crippen LogP contribution in [0, 0.1) is 0 Å². The Morgan fingerprint density at radius 2 is 2.12 bits per heavy atom. The van der Waals surface area contributed by atoms with Crippen LogP contribution in [0.1, 0.15) is 23.3 Å². The van der Waals surface area contributed by atoms with Crippen molar-refractivity contribution < 1.29 is 4.79 Å². The number of aromatic nitrogens is 1. The van der Waals surface area contributed by atoms with Gasteiger partial charge in [-0.25, -0.2) is 0 Å². The summed E-state index contributed by atoms with van der Waals surface area (Å²) in [4.78, 5) is 25.3. The highest BCUT2D eigenvalue weighted by Gasteiger charge is 2.16. The summed E-state index contributed by atoms with van der Waals surface area (Å²) in [5, 5.41) is 2.94. The van der Waals surface area contributed by atoms with Crippen LogP contribution in [-0.4, -0.2) is 28.4 Å². The standard InChI is InChI=1S/C11H14N2O2S/c14-10-3-1-2-9(13-10)11(15)12-8-4-6-16-7-5-8/h1-3,8H,4-7H2,(H,12,15)(H,13,14). The van der Waals surface area contributed by atoms with Crippen LogP contribution in [-0.2, 0) is 0 Å². The van der Waals surface area contributed by atoms with Crippen LogP contribution < -0.4 is 10.9 Å². The third kappa shape index (κ3) is 2.88. The summed E-state index contributed by atoms with van der Waals surface area (Å²) in [7, 11) is 0. The molecule has 2 N–H and O–H groups in total. The fourth-order valence-electron chi connectivity index (χ4n) is 1.69. The maximum Gasteiger partial charge on any atom is 0.268 e. The molecule has 0 radical (unpaired) electrons. The van der Waals surface area contributed by atoms with Crippen molar-refractivity contribution in [1.29, 1.82) is 0 Å². The summed E-state index contributed by atoms with van der Waals surface area (Å²) < 4.78 is 0. The molecule has 16 heavy (non-hydrogen) atoms. The summed E-state index contributed by atoms with van der Waals surface area (Å²) in [5.74, 6) is 2.00. The lowest BCUT2D eigenvalue weighted by Gasteiger charge is -2.22. The molecule has 0 atom stereocenters. The van der Waals surface area contributed by atoms with Crippen molar-refractivity contribution >= 4 is 17.7 Å². The molecular formula is C11H14N2O2S. The Hall–Kier alpha value is -1.23. The molecule has 1 saturated heterocycles. The lowest BCUT2D eigenvalue weighted by molar-refractivity contribution is 0.0929. The molecule has 0 saturated carbocycles. The molecule has 0 aliphatic carbocycles. The van der Waals surface area contributed by atoms with E-state index in [9.17, 15) is 9.59 Å². The molecule has 0 aromatic carbocycles. The van der Waals surface area contributed by atoms with Crippen molar-refractivity contribution in [3.05, 3.63) is 34.2 Å². The highest BCUT2D eigenvalue weighted by atomic mass is 32.2. The molecule has 0 bridgehead atoms. The van der Waals surface area contributed by atoms with Gasteiger partial charge in [0.25, 0.3) is 5.91 Å². The first kappa shape index (κ1) is 11.3. The summed E-state index contributed by atoms with van der Waals surface area (Å²) in [6.45, 7) is 0. The van der Waals surface area contributed by atoms with Gasteiger partial charge in [0.05, 0.1) is 0 Å². The van der Waals surface area contributed by atoms with Gasteiger partial charge in [-0.1, -0.05) is 6.07 Å². The molecule has 4 nitrogen and oxygen atoms in total. The molecule has 1 aliphatic rings. The second-order valence-corrected chi connectivity index (χ2v) is 5.01. The summed E-state index contributed by atoms with van der Waals surface area (Å²) in [5.41, 5.74) is 0.0950. The molecule has 2 rings (SSSR count). The lowest BCUT2D eigenvalue weighted by atomic mass is 10.1. The van der Waals surface area contributed by atoms with E-state index >= 15 is 0 Å². The summed E-state index contributed by atoms with van der Waals surface area (Å²) >= 11 is 1.91. The molecule has 0 spiro atoms. The van der Waals surface area contributed by atoms with Crippen LogP contribution in [0.5, 0.6) is 0 Å². The second-order valence-electron chi connectivity index (χ2n) is 3.79. The largest absolute Gasteiger partial charge is 0.348 e. The van der Waals surface area contributed by atoms with Gasteiger partial charge in [-0.05, 0) is 30.4 Å². The van der Waals surface area contributed by atoms with Crippen molar-refractivity contribution in [3.8, 4) is 0 Å². The zero-order valence-electron chi connectivity index (χ0n) is 8.86. The van der Waals surface area contributed by atoms with Crippen molar-refractivity contribution in [2.45, 2.75) is 18.9 Å².